The van der Waals surface area contributed by atoms with Crippen LogP contribution in [0.5, 0.6) is 5.75 Å². The van der Waals surface area contributed by atoms with Gasteiger partial charge in [-0.1, -0.05) is 42.5 Å². The van der Waals surface area contributed by atoms with Crippen LogP contribution in [-0.2, 0) is 65.6 Å². The number of carboxylic acid groups (broad SMARTS) is 7. The van der Waals surface area contributed by atoms with Crippen molar-refractivity contribution in [1.82, 2.24) is 51.5 Å². The molecule has 2 aromatic rings. The van der Waals surface area contributed by atoms with E-state index in [1.807, 2.05) is 5.32 Å². The molecule has 13 N–H and O–H groups in total. The average Bonchev–Trinajstić information content (AvgIpc) is 3.38. The largest absolute Gasteiger partial charge is 0.484 e. The average molecular weight is 1130 g/mol. The quantitative estimate of drug-likeness (QED) is 0.0314. The highest BCUT2D eigenvalue weighted by molar-refractivity contribution is 5.90. The number of nitrogens with one attached hydrogen (secondary N) is 6. The van der Waals surface area contributed by atoms with Crippen molar-refractivity contribution < 1.29 is 98.0 Å². The first-order valence-corrected chi connectivity index (χ1v) is 25.4. The summed E-state index contributed by atoms with van der Waals surface area (Å²) >= 11 is 0. The Kier molecular flexibility index (Phi) is 28.9. The highest BCUT2D eigenvalue weighted by Gasteiger charge is 2.27. The molecule has 0 aromatic heterocycles. The maximum absolute atomic E-state index is 13.3. The molecule has 80 heavy (non-hydrogen) atoms. The number of unbranched alkanes of at least 4 members (excludes halogenated alkanes) is 1. The van der Waals surface area contributed by atoms with Gasteiger partial charge in [-0.05, 0) is 48.9 Å². The van der Waals surface area contributed by atoms with Gasteiger partial charge in [-0.25, -0.2) is 19.2 Å². The molecule has 0 radical (unpaired) electrons. The molecule has 30 nitrogen and oxygen atoms in total. The van der Waals surface area contributed by atoms with Gasteiger partial charge in [0.2, 0.25) is 17.7 Å². The van der Waals surface area contributed by atoms with E-state index in [0.29, 0.717) is 11.1 Å². The van der Waals surface area contributed by atoms with Crippen molar-refractivity contribution in [3.8, 4) is 5.75 Å². The number of carboxylic acids is 7. The molecule has 0 saturated carbocycles. The molecule has 6 amide bonds. The number of urea groups is 1. The third-order valence-corrected chi connectivity index (χ3v) is 12.2. The monoisotopic (exact) mass is 1130 g/mol. The first kappa shape index (κ1) is 65.8. The van der Waals surface area contributed by atoms with Crippen LogP contribution in [0, 0.1) is 0 Å². The zero-order valence-corrected chi connectivity index (χ0v) is 43.8. The number of amides is 6. The lowest BCUT2D eigenvalue weighted by atomic mass is 10.0. The van der Waals surface area contributed by atoms with Crippen LogP contribution in [0.25, 0.3) is 0 Å². The van der Waals surface area contributed by atoms with Crippen LogP contribution in [-0.4, -0.2) is 249 Å². The van der Waals surface area contributed by atoms with Gasteiger partial charge in [-0.2, -0.15) is 0 Å². The third kappa shape index (κ3) is 27.7. The molecule has 0 bridgehead atoms. The lowest BCUT2D eigenvalue weighted by Crippen LogP contribution is -2.51. The van der Waals surface area contributed by atoms with E-state index in [0.717, 1.165) is 0 Å². The van der Waals surface area contributed by atoms with Gasteiger partial charge in [-0.15, -0.1) is 0 Å². The number of ether oxygens (including phenoxy) is 1. The molecule has 1 aliphatic heterocycles. The van der Waals surface area contributed by atoms with Gasteiger partial charge in [-0.3, -0.25) is 58.0 Å². The maximum Gasteiger partial charge on any atom is 0.326 e. The van der Waals surface area contributed by atoms with Crippen LogP contribution in [0.4, 0.5) is 4.79 Å². The Balaban J connectivity index is 1.51. The summed E-state index contributed by atoms with van der Waals surface area (Å²) in [6.45, 7) is -1.11. The van der Waals surface area contributed by atoms with Gasteiger partial charge < -0.3 is 72.4 Å². The van der Waals surface area contributed by atoms with E-state index in [4.69, 9.17) is 9.84 Å². The van der Waals surface area contributed by atoms with Crippen molar-refractivity contribution in [1.29, 1.82) is 0 Å². The Labute approximate surface area is 458 Å². The second kappa shape index (κ2) is 35.1. The molecule has 3 rings (SSSR count). The normalized spacial score (nSPS) is 15.3. The minimum atomic E-state index is -1.57. The van der Waals surface area contributed by atoms with E-state index in [-0.39, 0.29) is 123 Å². The molecule has 0 spiro atoms. The predicted molar refractivity (Wildman–Crippen MR) is 277 cm³/mol. The van der Waals surface area contributed by atoms with Crippen LogP contribution in [0.15, 0.2) is 54.6 Å². The van der Waals surface area contributed by atoms with Crippen LogP contribution in [0.1, 0.15) is 43.2 Å². The number of aliphatic carboxylic acids is 7. The summed E-state index contributed by atoms with van der Waals surface area (Å²) in [4.78, 5) is 152. The minimum Gasteiger partial charge on any atom is -0.484 e. The first-order valence-electron chi connectivity index (χ1n) is 25.4. The van der Waals surface area contributed by atoms with E-state index >= 15 is 0 Å². The zero-order valence-electron chi connectivity index (χ0n) is 43.8. The summed E-state index contributed by atoms with van der Waals surface area (Å²) in [5, 5.41) is 80.3. The molecule has 30 heteroatoms. The Morgan fingerprint density at radius 1 is 0.450 bits per heavy atom. The summed E-state index contributed by atoms with van der Waals surface area (Å²) in [5.74, 6) is -11.4. The lowest BCUT2D eigenvalue weighted by Gasteiger charge is -2.32. The van der Waals surface area contributed by atoms with Crippen molar-refractivity contribution in [2.75, 3.05) is 98.2 Å². The van der Waals surface area contributed by atoms with Crippen molar-refractivity contribution in [3.63, 3.8) is 0 Å². The molecule has 4 atom stereocenters. The second-order valence-electron chi connectivity index (χ2n) is 18.6. The number of carbonyl (C=O) groups excluding carboxylic acids is 5. The van der Waals surface area contributed by atoms with Gasteiger partial charge in [0.05, 0.1) is 32.7 Å². The first-order chi connectivity index (χ1) is 37.9. The summed E-state index contributed by atoms with van der Waals surface area (Å²) in [6.07, 6.45) is -0.802. The van der Waals surface area contributed by atoms with E-state index in [9.17, 15) is 88.2 Å². The SMILES string of the molecule is O=C(O)CC[C@H](NC(=O)N[C@@H](CCCCNC(=O)[C@H](Cc1ccccc1)NC(=O)COc1ccc(C[C@H](NC(=O)CNC(=O)CN2CCN(CC(=O)O)CCN(CC(=O)O)CCN(CC(=O)O)CC2)C(=O)O)cc1)C(=O)O)C(=O)O. The molecule has 0 unspecified atom stereocenters. The van der Waals surface area contributed by atoms with Gasteiger partial charge >= 0.3 is 47.8 Å². The van der Waals surface area contributed by atoms with Crippen molar-refractivity contribution in [2.45, 2.75) is 69.1 Å². The second-order valence-corrected chi connectivity index (χ2v) is 18.6. The van der Waals surface area contributed by atoms with Crippen LogP contribution in [0.3, 0.4) is 0 Å². The molecular weight excluding hydrogens is 1060 g/mol. The van der Waals surface area contributed by atoms with Gasteiger partial charge in [0.25, 0.3) is 5.91 Å². The molecule has 2 aromatic carbocycles. The van der Waals surface area contributed by atoms with E-state index in [2.05, 4.69) is 26.6 Å². The Bertz CT molecular complexity index is 2400. The molecule has 1 heterocycles. The molecule has 1 saturated heterocycles. The molecule has 440 valence electrons. The van der Waals surface area contributed by atoms with Crippen molar-refractivity contribution >= 4 is 71.4 Å². The molecular formula is C50H70N10O20. The Hall–Kier alpha value is -8.48. The van der Waals surface area contributed by atoms with Gasteiger partial charge in [0.15, 0.2) is 6.61 Å². The summed E-state index contributed by atoms with van der Waals surface area (Å²) in [5.41, 5.74) is 1.15. The number of carbonyl (C=O) groups is 12. The lowest BCUT2D eigenvalue weighted by molar-refractivity contribution is -0.142. The zero-order chi connectivity index (χ0) is 59.1. The topological polar surface area (TPSA) is 441 Å². The summed E-state index contributed by atoms with van der Waals surface area (Å²) < 4.78 is 5.63. The fraction of sp³-hybridized carbons (Fsp3) is 0.520. The van der Waals surface area contributed by atoms with Crippen LogP contribution < -0.4 is 36.6 Å². The number of hydrogen-bond acceptors (Lipinski definition) is 17. The highest BCUT2D eigenvalue weighted by atomic mass is 16.5. The summed E-state index contributed by atoms with van der Waals surface area (Å²) in [6, 6.07) is 8.01. The molecule has 1 fully saturated rings. The van der Waals surface area contributed by atoms with Crippen LogP contribution in [0.2, 0.25) is 0 Å². The van der Waals surface area contributed by atoms with Gasteiger partial charge in [0, 0.05) is 78.2 Å². The van der Waals surface area contributed by atoms with Crippen LogP contribution >= 0.6 is 0 Å². The van der Waals surface area contributed by atoms with Crippen molar-refractivity contribution in [2.24, 2.45) is 0 Å². The number of hydrogen-bond donors (Lipinski definition) is 13. The smallest absolute Gasteiger partial charge is 0.326 e. The number of rotatable bonds is 33. The minimum absolute atomic E-state index is 0.0412. The standard InChI is InChI=1S/C50H70N10O20/c61-39(26-52-40(62)27-57-16-18-58(28-43(66)67)20-22-60(30-45(70)71)23-21-59(19-17-57)29-44(68)69)54-38(49(77)78)25-33-9-11-34(12-10-33)80-31-41(63)53-37(24-32-6-2-1-3-7-32)46(72)51-15-5-4-8-35(47(73)74)55-50(79)56-36(48(75)76)13-14-42(64)65/h1-3,6-7,9-12,35-38H,4-5,8,13-31H2,(H,51,72)(H,52,62)(H,53,63)(H,54,61)(H,64,65)(H,66,67)(H,68,69)(H,70,71)(H,73,74)(H,75,76)(H,77,78)(H2,55,56,79)/t35-,36-,37-,38-/m0/s1. The van der Waals surface area contributed by atoms with E-state index in [1.54, 1.807) is 49.9 Å². The fourth-order valence-corrected chi connectivity index (χ4v) is 8.02. The maximum atomic E-state index is 13.3. The highest BCUT2D eigenvalue weighted by Crippen LogP contribution is 2.14. The third-order valence-electron chi connectivity index (χ3n) is 12.2. The van der Waals surface area contributed by atoms with Crippen molar-refractivity contribution in [3.05, 3.63) is 65.7 Å². The van der Waals surface area contributed by atoms with E-state index < -0.39 is 122 Å². The summed E-state index contributed by atoms with van der Waals surface area (Å²) in [7, 11) is 0. The number of benzene rings is 2. The Morgan fingerprint density at radius 2 is 0.900 bits per heavy atom. The van der Waals surface area contributed by atoms with E-state index in [1.165, 1.54) is 24.3 Å². The molecule has 1 aliphatic rings. The molecule has 0 aliphatic carbocycles. The Morgan fingerprint density at radius 3 is 1.38 bits per heavy atom. The van der Waals surface area contributed by atoms with Gasteiger partial charge in [0.1, 0.15) is 29.9 Å². The predicted octanol–water partition coefficient (Wildman–Crippen LogP) is -3.15. The fourth-order valence-electron chi connectivity index (χ4n) is 8.02. The number of nitrogens with zero attached hydrogens (tertiary/aromatic N) is 4.